The SMILES string of the molecule is COCCOC(=O)C1=C(C)NC(SCC(=O)NCc2ccccc2)=C(C#N)[C@@H]1c1ccc(Cl)cc1. The van der Waals surface area contributed by atoms with Gasteiger partial charge in [0.25, 0.3) is 0 Å². The van der Waals surface area contributed by atoms with E-state index in [1.165, 1.54) is 18.9 Å². The summed E-state index contributed by atoms with van der Waals surface area (Å²) in [6, 6.07) is 18.8. The molecule has 0 aliphatic carbocycles. The number of carbonyl (C=O) groups is 2. The second kappa shape index (κ2) is 13.0. The van der Waals surface area contributed by atoms with Crippen LogP contribution < -0.4 is 10.6 Å². The summed E-state index contributed by atoms with van der Waals surface area (Å²) in [4.78, 5) is 25.4. The van der Waals surface area contributed by atoms with Gasteiger partial charge in [0.1, 0.15) is 6.61 Å². The van der Waals surface area contributed by atoms with Crippen LogP contribution in [0.15, 0.2) is 76.5 Å². The monoisotopic (exact) mass is 511 g/mol. The van der Waals surface area contributed by atoms with Crippen molar-refractivity contribution in [2.75, 3.05) is 26.1 Å². The first-order valence-electron chi connectivity index (χ1n) is 10.9. The van der Waals surface area contributed by atoms with Gasteiger partial charge in [-0.15, -0.1) is 0 Å². The molecule has 0 saturated carbocycles. The summed E-state index contributed by atoms with van der Waals surface area (Å²) in [5, 5.41) is 17.2. The number of rotatable bonds is 10. The van der Waals surface area contributed by atoms with E-state index in [2.05, 4.69) is 16.7 Å². The van der Waals surface area contributed by atoms with E-state index in [0.717, 1.165) is 11.1 Å². The number of hydrogen-bond donors (Lipinski definition) is 2. The number of benzene rings is 2. The van der Waals surface area contributed by atoms with Gasteiger partial charge in [0, 0.05) is 24.4 Å². The number of thioether (sulfide) groups is 1. The van der Waals surface area contributed by atoms with Gasteiger partial charge >= 0.3 is 5.97 Å². The van der Waals surface area contributed by atoms with E-state index in [1.807, 2.05) is 30.3 Å². The first-order valence-corrected chi connectivity index (χ1v) is 12.3. The highest BCUT2D eigenvalue weighted by Gasteiger charge is 2.35. The predicted molar refractivity (Wildman–Crippen MR) is 136 cm³/mol. The molecule has 1 atom stereocenters. The fourth-order valence-corrected chi connectivity index (χ4v) is 4.61. The highest BCUT2D eigenvalue weighted by Crippen LogP contribution is 2.41. The number of nitriles is 1. The third kappa shape index (κ3) is 7.12. The molecular formula is C26H26ClN3O4S. The molecule has 2 aromatic carbocycles. The van der Waals surface area contributed by atoms with Crippen LogP contribution in [0.4, 0.5) is 0 Å². The molecule has 0 unspecified atom stereocenters. The Morgan fingerprint density at radius 1 is 1.14 bits per heavy atom. The quantitative estimate of drug-likeness (QED) is 0.363. The number of ether oxygens (including phenoxy) is 2. The second-order valence-corrected chi connectivity index (χ2v) is 9.10. The average Bonchev–Trinajstić information content (AvgIpc) is 2.87. The number of amides is 1. The number of carbonyl (C=O) groups excluding carboxylic acids is 2. The number of nitrogens with one attached hydrogen (secondary N) is 2. The molecule has 0 aromatic heterocycles. The molecule has 9 heteroatoms. The summed E-state index contributed by atoms with van der Waals surface area (Å²) in [5.74, 6) is -1.26. The van der Waals surface area contributed by atoms with Crippen LogP contribution >= 0.6 is 23.4 Å². The van der Waals surface area contributed by atoms with Gasteiger partial charge in [-0.1, -0.05) is 65.8 Å². The molecule has 7 nitrogen and oxygen atoms in total. The zero-order chi connectivity index (χ0) is 25.2. The second-order valence-electron chi connectivity index (χ2n) is 7.68. The van der Waals surface area contributed by atoms with Crippen LogP contribution in [0.3, 0.4) is 0 Å². The summed E-state index contributed by atoms with van der Waals surface area (Å²) in [5.41, 5.74) is 2.93. The van der Waals surface area contributed by atoms with E-state index in [9.17, 15) is 14.9 Å². The fraction of sp³-hybridized carbons (Fsp3) is 0.269. The molecule has 1 aliphatic rings. The number of halogens is 1. The third-order valence-corrected chi connectivity index (χ3v) is 6.54. The van der Waals surface area contributed by atoms with Crippen molar-refractivity contribution in [2.45, 2.75) is 19.4 Å². The first kappa shape index (κ1) is 26.4. The molecule has 0 fully saturated rings. The molecule has 0 spiro atoms. The smallest absolute Gasteiger partial charge is 0.336 e. The number of hydrogen-bond acceptors (Lipinski definition) is 7. The maximum atomic E-state index is 13.0. The zero-order valence-electron chi connectivity index (χ0n) is 19.5. The summed E-state index contributed by atoms with van der Waals surface area (Å²) >= 11 is 7.28. The van der Waals surface area contributed by atoms with Crippen LogP contribution in [-0.4, -0.2) is 38.0 Å². The minimum Gasteiger partial charge on any atom is -0.460 e. The Hall–Kier alpha value is -3.25. The zero-order valence-corrected chi connectivity index (χ0v) is 21.0. The maximum Gasteiger partial charge on any atom is 0.336 e. The highest BCUT2D eigenvalue weighted by molar-refractivity contribution is 8.03. The van der Waals surface area contributed by atoms with Crippen LogP contribution in [0.25, 0.3) is 0 Å². The highest BCUT2D eigenvalue weighted by atomic mass is 35.5. The van der Waals surface area contributed by atoms with Crippen LogP contribution in [0.2, 0.25) is 5.02 Å². The molecule has 1 aliphatic heterocycles. The van der Waals surface area contributed by atoms with E-state index >= 15 is 0 Å². The van der Waals surface area contributed by atoms with Crippen molar-refractivity contribution in [3.05, 3.63) is 92.6 Å². The number of methoxy groups -OCH3 is 1. The lowest BCUT2D eigenvalue weighted by molar-refractivity contribution is -0.140. The van der Waals surface area contributed by atoms with Crippen LogP contribution in [0, 0.1) is 11.3 Å². The van der Waals surface area contributed by atoms with Gasteiger partial charge in [-0.3, -0.25) is 4.79 Å². The lowest BCUT2D eigenvalue weighted by Crippen LogP contribution is -2.30. The largest absolute Gasteiger partial charge is 0.460 e. The Balaban J connectivity index is 1.82. The number of allylic oxidation sites excluding steroid dienone is 2. The summed E-state index contributed by atoms with van der Waals surface area (Å²) in [6.07, 6.45) is 0. The molecule has 2 aromatic rings. The van der Waals surface area contributed by atoms with Gasteiger partial charge in [0.2, 0.25) is 5.91 Å². The Morgan fingerprint density at radius 2 is 1.86 bits per heavy atom. The van der Waals surface area contributed by atoms with Gasteiger partial charge in [-0.25, -0.2) is 4.79 Å². The summed E-state index contributed by atoms with van der Waals surface area (Å²) in [6.45, 7) is 2.52. The molecule has 0 radical (unpaired) electrons. The van der Waals surface area contributed by atoms with Crippen molar-refractivity contribution < 1.29 is 19.1 Å². The molecule has 182 valence electrons. The van der Waals surface area contributed by atoms with Gasteiger partial charge < -0.3 is 20.1 Å². The first-order chi connectivity index (χ1) is 16.9. The molecule has 2 N–H and O–H groups in total. The van der Waals surface area contributed by atoms with Crippen molar-refractivity contribution in [1.82, 2.24) is 10.6 Å². The van der Waals surface area contributed by atoms with E-state index in [1.54, 1.807) is 31.2 Å². The van der Waals surface area contributed by atoms with Crippen LogP contribution in [0.5, 0.6) is 0 Å². The van der Waals surface area contributed by atoms with E-state index in [0.29, 0.717) is 33.4 Å². The van der Waals surface area contributed by atoms with Crippen molar-refractivity contribution in [1.29, 1.82) is 5.26 Å². The van der Waals surface area contributed by atoms with E-state index < -0.39 is 11.9 Å². The maximum absolute atomic E-state index is 13.0. The Kier molecular flexibility index (Phi) is 9.79. The van der Waals surface area contributed by atoms with Gasteiger partial charge in [0.15, 0.2) is 0 Å². The lowest BCUT2D eigenvalue weighted by atomic mass is 9.82. The fourth-order valence-electron chi connectivity index (χ4n) is 3.57. The van der Waals surface area contributed by atoms with Gasteiger partial charge in [-0.2, -0.15) is 5.26 Å². The molecular weight excluding hydrogens is 486 g/mol. The van der Waals surface area contributed by atoms with E-state index in [-0.39, 0.29) is 24.9 Å². The Morgan fingerprint density at radius 3 is 2.51 bits per heavy atom. The molecule has 1 amide bonds. The third-order valence-electron chi connectivity index (χ3n) is 5.27. The van der Waals surface area contributed by atoms with Crippen molar-refractivity contribution in [3.8, 4) is 6.07 Å². The Bertz CT molecular complexity index is 1160. The lowest BCUT2D eigenvalue weighted by Gasteiger charge is -2.29. The summed E-state index contributed by atoms with van der Waals surface area (Å²) in [7, 11) is 1.52. The van der Waals surface area contributed by atoms with Crippen LogP contribution in [-0.2, 0) is 25.6 Å². The predicted octanol–water partition coefficient (Wildman–Crippen LogP) is 4.28. The number of nitrogens with zero attached hydrogens (tertiary/aromatic N) is 1. The molecule has 35 heavy (non-hydrogen) atoms. The van der Waals surface area contributed by atoms with Crippen molar-refractivity contribution in [3.63, 3.8) is 0 Å². The minimum atomic E-state index is -0.663. The minimum absolute atomic E-state index is 0.0915. The standard InChI is InChI=1S/C26H26ClN3O4S/c1-17-23(26(32)34-13-12-33-2)24(19-8-10-20(27)11-9-19)21(14-28)25(30-17)35-16-22(31)29-15-18-6-4-3-5-7-18/h3-11,24,30H,12-13,15-16H2,1-2H3,(H,29,31)/t24-/m0/s1. The van der Waals surface area contributed by atoms with Crippen LogP contribution in [0.1, 0.15) is 24.0 Å². The topological polar surface area (TPSA) is 100 Å². The summed E-state index contributed by atoms with van der Waals surface area (Å²) < 4.78 is 10.3. The van der Waals surface area contributed by atoms with Gasteiger partial charge in [0.05, 0.1) is 40.5 Å². The van der Waals surface area contributed by atoms with Gasteiger partial charge in [-0.05, 0) is 30.2 Å². The Labute approximate surface area is 214 Å². The van der Waals surface area contributed by atoms with Crippen molar-refractivity contribution >= 4 is 35.2 Å². The normalized spacial score (nSPS) is 15.3. The van der Waals surface area contributed by atoms with Crippen molar-refractivity contribution in [2.24, 2.45) is 0 Å². The number of esters is 1. The molecule has 3 rings (SSSR count). The molecule has 1 heterocycles. The molecule has 0 bridgehead atoms. The van der Waals surface area contributed by atoms with E-state index in [4.69, 9.17) is 21.1 Å². The number of dihydropyridines is 1. The average molecular weight is 512 g/mol. The molecule has 0 saturated heterocycles.